The van der Waals surface area contributed by atoms with Crippen molar-refractivity contribution < 1.29 is 14.3 Å². The molecule has 4 nitrogen and oxygen atoms in total. The van der Waals surface area contributed by atoms with E-state index in [-0.39, 0.29) is 6.29 Å². The van der Waals surface area contributed by atoms with Crippen molar-refractivity contribution in [2.75, 3.05) is 33.9 Å². The Labute approximate surface area is 79.7 Å². The molecule has 1 fully saturated rings. The topological polar surface area (TPSA) is 30.9 Å². The average Bonchev–Trinajstić information content (AvgIpc) is 2.14. The van der Waals surface area contributed by atoms with Crippen molar-refractivity contribution in [1.82, 2.24) is 5.06 Å². The van der Waals surface area contributed by atoms with Crippen molar-refractivity contribution in [1.29, 1.82) is 0 Å². The number of rotatable bonds is 5. The van der Waals surface area contributed by atoms with Crippen LogP contribution in [0.4, 0.5) is 0 Å². The Balaban J connectivity index is 1.92. The van der Waals surface area contributed by atoms with Crippen molar-refractivity contribution in [3.63, 3.8) is 0 Å². The third-order valence-electron chi connectivity index (χ3n) is 1.87. The van der Waals surface area contributed by atoms with E-state index >= 15 is 0 Å². The summed E-state index contributed by atoms with van der Waals surface area (Å²) in [5.74, 6) is 0. The molecule has 1 aliphatic heterocycles. The van der Waals surface area contributed by atoms with Crippen LogP contribution in [0.3, 0.4) is 0 Å². The van der Waals surface area contributed by atoms with Crippen LogP contribution >= 0.6 is 0 Å². The van der Waals surface area contributed by atoms with Crippen LogP contribution in [0.15, 0.2) is 0 Å². The fourth-order valence-corrected chi connectivity index (χ4v) is 1.24. The predicted octanol–water partition coefficient (Wildman–Crippen LogP) is 1.02. The Morgan fingerprint density at radius 1 is 1.31 bits per heavy atom. The van der Waals surface area contributed by atoms with Crippen LogP contribution in [0.2, 0.25) is 0 Å². The molecule has 1 unspecified atom stereocenters. The summed E-state index contributed by atoms with van der Waals surface area (Å²) in [6.07, 6.45) is 3.38. The zero-order valence-electron chi connectivity index (χ0n) is 8.49. The lowest BCUT2D eigenvalue weighted by molar-refractivity contribution is -0.191. The van der Waals surface area contributed by atoms with Gasteiger partial charge in [-0.1, -0.05) is 0 Å². The first-order valence-corrected chi connectivity index (χ1v) is 4.82. The van der Waals surface area contributed by atoms with Crippen LogP contribution in [0.25, 0.3) is 0 Å². The number of nitrogens with zero attached hydrogens (tertiary/aromatic N) is 1. The van der Waals surface area contributed by atoms with E-state index in [1.165, 1.54) is 6.42 Å². The van der Waals surface area contributed by atoms with Crippen molar-refractivity contribution in [2.45, 2.75) is 25.6 Å². The lowest BCUT2D eigenvalue weighted by Gasteiger charge is -2.22. The minimum atomic E-state index is -0.000452. The molecule has 0 radical (unpaired) electrons. The number of hydrogen-bond donors (Lipinski definition) is 0. The zero-order valence-corrected chi connectivity index (χ0v) is 8.49. The summed E-state index contributed by atoms with van der Waals surface area (Å²) in [7, 11) is 3.72. The molecule has 0 aliphatic carbocycles. The summed E-state index contributed by atoms with van der Waals surface area (Å²) in [6.45, 7) is 2.02. The van der Waals surface area contributed by atoms with E-state index in [1.54, 1.807) is 5.06 Å². The van der Waals surface area contributed by atoms with Gasteiger partial charge in [0.25, 0.3) is 0 Å². The van der Waals surface area contributed by atoms with Crippen molar-refractivity contribution in [2.24, 2.45) is 0 Å². The van der Waals surface area contributed by atoms with Gasteiger partial charge in [0, 0.05) is 20.7 Å². The van der Waals surface area contributed by atoms with Gasteiger partial charge in [-0.3, -0.25) is 4.84 Å². The number of hydroxylamine groups is 2. The quantitative estimate of drug-likeness (QED) is 0.477. The van der Waals surface area contributed by atoms with E-state index < -0.39 is 0 Å². The Kier molecular flexibility index (Phi) is 5.31. The van der Waals surface area contributed by atoms with Gasteiger partial charge in [-0.2, -0.15) is 5.06 Å². The normalized spacial score (nSPS) is 23.8. The Bertz CT molecular complexity index is 124. The zero-order chi connectivity index (χ0) is 9.52. The smallest absolute Gasteiger partial charge is 0.157 e. The van der Waals surface area contributed by atoms with E-state index in [0.29, 0.717) is 13.2 Å². The van der Waals surface area contributed by atoms with Gasteiger partial charge in [-0.25, -0.2) is 0 Å². The molecular weight excluding hydrogens is 170 g/mol. The second-order valence-corrected chi connectivity index (χ2v) is 3.31. The van der Waals surface area contributed by atoms with Gasteiger partial charge in [-0.15, -0.1) is 0 Å². The largest absolute Gasteiger partial charge is 0.353 e. The SMILES string of the molecule is CN(C)OCCOC1CCCCO1. The molecule has 0 aromatic carbocycles. The summed E-state index contributed by atoms with van der Waals surface area (Å²) in [5.41, 5.74) is 0. The van der Waals surface area contributed by atoms with Gasteiger partial charge in [-0.05, 0) is 19.3 Å². The first kappa shape index (κ1) is 10.9. The molecule has 0 aromatic heterocycles. The molecule has 13 heavy (non-hydrogen) atoms. The first-order valence-electron chi connectivity index (χ1n) is 4.82. The molecule has 0 saturated carbocycles. The van der Waals surface area contributed by atoms with Crippen LogP contribution in [0.1, 0.15) is 19.3 Å². The second kappa shape index (κ2) is 6.32. The highest BCUT2D eigenvalue weighted by molar-refractivity contribution is 4.53. The van der Waals surface area contributed by atoms with E-state index in [9.17, 15) is 0 Å². The minimum Gasteiger partial charge on any atom is -0.353 e. The molecule has 1 saturated heterocycles. The molecular formula is C9H19NO3. The van der Waals surface area contributed by atoms with Crippen molar-refractivity contribution in [3.05, 3.63) is 0 Å². The van der Waals surface area contributed by atoms with Gasteiger partial charge < -0.3 is 9.47 Å². The summed E-state index contributed by atoms with van der Waals surface area (Å²) < 4.78 is 10.9. The van der Waals surface area contributed by atoms with Crippen molar-refractivity contribution in [3.8, 4) is 0 Å². The van der Waals surface area contributed by atoms with Crippen LogP contribution in [0, 0.1) is 0 Å². The third kappa shape index (κ3) is 5.21. The van der Waals surface area contributed by atoms with Gasteiger partial charge in [0.2, 0.25) is 0 Å². The van der Waals surface area contributed by atoms with Crippen LogP contribution in [0.5, 0.6) is 0 Å². The summed E-state index contributed by atoms with van der Waals surface area (Å²) in [4.78, 5) is 5.19. The van der Waals surface area contributed by atoms with Crippen LogP contribution < -0.4 is 0 Å². The molecule has 1 heterocycles. The molecule has 78 valence electrons. The maximum absolute atomic E-state index is 5.46. The summed E-state index contributed by atoms with van der Waals surface area (Å²) >= 11 is 0. The van der Waals surface area contributed by atoms with Crippen LogP contribution in [-0.2, 0) is 14.3 Å². The molecule has 0 amide bonds. The molecule has 1 aliphatic rings. The third-order valence-corrected chi connectivity index (χ3v) is 1.87. The van der Waals surface area contributed by atoms with E-state index in [0.717, 1.165) is 19.4 Å². The Morgan fingerprint density at radius 2 is 2.15 bits per heavy atom. The van der Waals surface area contributed by atoms with Crippen LogP contribution in [-0.4, -0.2) is 45.3 Å². The first-order chi connectivity index (χ1) is 6.29. The molecule has 0 aromatic rings. The maximum Gasteiger partial charge on any atom is 0.157 e. The van der Waals surface area contributed by atoms with Gasteiger partial charge >= 0.3 is 0 Å². The Hall–Kier alpha value is -0.160. The Morgan fingerprint density at radius 3 is 2.77 bits per heavy atom. The van der Waals surface area contributed by atoms with Gasteiger partial charge in [0.05, 0.1) is 13.2 Å². The molecule has 0 N–H and O–H groups in total. The lowest BCUT2D eigenvalue weighted by atomic mass is 10.2. The van der Waals surface area contributed by atoms with E-state index in [4.69, 9.17) is 14.3 Å². The average molecular weight is 189 g/mol. The van der Waals surface area contributed by atoms with Gasteiger partial charge in [0.15, 0.2) is 6.29 Å². The van der Waals surface area contributed by atoms with E-state index in [2.05, 4.69) is 0 Å². The highest BCUT2D eigenvalue weighted by atomic mass is 16.7. The minimum absolute atomic E-state index is 0.000452. The summed E-state index contributed by atoms with van der Waals surface area (Å²) in [5, 5.41) is 1.67. The summed E-state index contributed by atoms with van der Waals surface area (Å²) in [6, 6.07) is 0. The predicted molar refractivity (Wildman–Crippen MR) is 49.2 cm³/mol. The fourth-order valence-electron chi connectivity index (χ4n) is 1.24. The standard InChI is InChI=1S/C9H19NO3/c1-10(2)13-8-7-12-9-5-3-4-6-11-9/h9H,3-8H2,1-2H3. The highest BCUT2D eigenvalue weighted by Gasteiger charge is 2.13. The van der Waals surface area contributed by atoms with Crippen molar-refractivity contribution >= 4 is 0 Å². The molecule has 0 spiro atoms. The molecule has 1 rings (SSSR count). The maximum atomic E-state index is 5.46. The molecule has 4 heteroatoms. The molecule has 0 bridgehead atoms. The van der Waals surface area contributed by atoms with Gasteiger partial charge in [0.1, 0.15) is 0 Å². The van der Waals surface area contributed by atoms with E-state index in [1.807, 2.05) is 14.1 Å². The molecule has 1 atom stereocenters. The number of hydrogen-bond acceptors (Lipinski definition) is 4. The monoisotopic (exact) mass is 189 g/mol. The second-order valence-electron chi connectivity index (χ2n) is 3.31. The fraction of sp³-hybridized carbons (Fsp3) is 1.00. The highest BCUT2D eigenvalue weighted by Crippen LogP contribution is 2.13. The lowest BCUT2D eigenvalue weighted by Crippen LogP contribution is -2.25. The number of ether oxygens (including phenoxy) is 2.